The molecule has 1 unspecified atom stereocenters. The van der Waals surface area contributed by atoms with Crippen LogP contribution in [0.1, 0.15) is 6.92 Å². The molecule has 2 aromatic rings. The number of carbonyl (C=O) groups is 2. The zero-order valence-corrected chi connectivity index (χ0v) is 12.3. The molecule has 0 bridgehead atoms. The Kier molecular flexibility index (Phi) is 4.88. The second-order valence-corrected chi connectivity index (χ2v) is 5.46. The van der Waals surface area contributed by atoms with E-state index < -0.39 is 17.2 Å². The lowest BCUT2D eigenvalue weighted by Crippen LogP contribution is -2.38. The van der Waals surface area contributed by atoms with Gasteiger partial charge in [-0.3, -0.25) is 10.1 Å². The number of aromatic nitrogens is 4. The van der Waals surface area contributed by atoms with Crippen molar-refractivity contribution in [3.05, 3.63) is 30.3 Å². The lowest BCUT2D eigenvalue weighted by Gasteiger charge is -2.10. The van der Waals surface area contributed by atoms with E-state index in [1.807, 2.05) is 6.07 Å². The average Bonchev–Trinajstić information content (AvgIpc) is 2.85. The first kappa shape index (κ1) is 15.0. The first-order valence-electron chi connectivity index (χ1n) is 6.12. The van der Waals surface area contributed by atoms with E-state index in [1.54, 1.807) is 38.2 Å². The Balaban J connectivity index is 1.86. The molecule has 1 heterocycles. The molecule has 0 aliphatic carbocycles. The predicted molar refractivity (Wildman–Crippen MR) is 77.7 cm³/mol. The van der Waals surface area contributed by atoms with E-state index in [-0.39, 0.29) is 0 Å². The third-order valence-corrected chi connectivity index (χ3v) is 3.63. The summed E-state index contributed by atoms with van der Waals surface area (Å²) in [6.45, 7) is 1.67. The molecule has 110 valence electrons. The Labute approximate surface area is 125 Å². The van der Waals surface area contributed by atoms with Crippen molar-refractivity contribution in [3.8, 4) is 0 Å². The minimum atomic E-state index is -0.574. The van der Waals surface area contributed by atoms with E-state index in [0.29, 0.717) is 10.8 Å². The van der Waals surface area contributed by atoms with Crippen LogP contribution < -0.4 is 10.6 Å². The van der Waals surface area contributed by atoms with Crippen LogP contribution in [0.2, 0.25) is 0 Å². The van der Waals surface area contributed by atoms with Gasteiger partial charge in [-0.15, -0.1) is 5.10 Å². The average molecular weight is 306 g/mol. The van der Waals surface area contributed by atoms with Gasteiger partial charge in [0.2, 0.25) is 11.1 Å². The minimum absolute atomic E-state index is 0.420. The van der Waals surface area contributed by atoms with Crippen LogP contribution in [-0.2, 0) is 11.8 Å². The van der Waals surface area contributed by atoms with Gasteiger partial charge in [-0.25, -0.2) is 9.48 Å². The van der Waals surface area contributed by atoms with Crippen molar-refractivity contribution < 1.29 is 9.59 Å². The zero-order valence-electron chi connectivity index (χ0n) is 11.5. The van der Waals surface area contributed by atoms with Crippen molar-refractivity contribution in [1.29, 1.82) is 0 Å². The number of tetrazole rings is 1. The Hall–Kier alpha value is -2.42. The molecule has 0 saturated carbocycles. The molecule has 9 heteroatoms. The maximum absolute atomic E-state index is 11.9. The lowest BCUT2D eigenvalue weighted by molar-refractivity contribution is -0.119. The predicted octanol–water partition coefficient (Wildman–Crippen LogP) is 1.04. The number of anilines is 1. The molecule has 0 fully saturated rings. The fraction of sp³-hybridized carbons (Fsp3) is 0.250. The molecule has 0 spiro atoms. The van der Waals surface area contributed by atoms with Crippen molar-refractivity contribution in [2.24, 2.45) is 7.05 Å². The quantitative estimate of drug-likeness (QED) is 0.818. The number of nitrogens with zero attached hydrogens (tertiary/aromatic N) is 4. The van der Waals surface area contributed by atoms with Crippen molar-refractivity contribution in [2.75, 3.05) is 5.32 Å². The fourth-order valence-corrected chi connectivity index (χ4v) is 2.18. The molecule has 1 aromatic heterocycles. The number of thioether (sulfide) groups is 1. The summed E-state index contributed by atoms with van der Waals surface area (Å²) in [6, 6.07) is 8.30. The maximum Gasteiger partial charge on any atom is 0.325 e. The summed E-state index contributed by atoms with van der Waals surface area (Å²) >= 11 is 1.17. The van der Waals surface area contributed by atoms with Crippen LogP contribution in [0.25, 0.3) is 0 Å². The van der Waals surface area contributed by atoms with E-state index in [4.69, 9.17) is 0 Å². The van der Waals surface area contributed by atoms with Gasteiger partial charge in [-0.1, -0.05) is 30.0 Å². The van der Waals surface area contributed by atoms with Gasteiger partial charge in [0, 0.05) is 12.7 Å². The van der Waals surface area contributed by atoms with Gasteiger partial charge in [0.1, 0.15) is 0 Å². The molecule has 0 radical (unpaired) electrons. The Morgan fingerprint density at radius 2 is 2.00 bits per heavy atom. The van der Waals surface area contributed by atoms with E-state index in [1.165, 1.54) is 16.4 Å². The second-order valence-electron chi connectivity index (χ2n) is 4.15. The smallest absolute Gasteiger partial charge is 0.308 e. The van der Waals surface area contributed by atoms with Crippen molar-refractivity contribution in [1.82, 2.24) is 25.5 Å². The first-order chi connectivity index (χ1) is 10.1. The number of rotatable bonds is 4. The number of carbonyl (C=O) groups excluding carboxylic acids is 2. The van der Waals surface area contributed by atoms with Crippen molar-refractivity contribution >= 4 is 29.4 Å². The third kappa shape index (κ3) is 4.28. The number of hydrogen-bond acceptors (Lipinski definition) is 6. The molecule has 1 aromatic carbocycles. The summed E-state index contributed by atoms with van der Waals surface area (Å²) in [6.07, 6.45) is 0. The summed E-state index contributed by atoms with van der Waals surface area (Å²) in [5, 5.41) is 15.8. The highest BCUT2D eigenvalue weighted by Crippen LogP contribution is 2.19. The number of imide groups is 1. The van der Waals surface area contributed by atoms with Crippen LogP contribution in [-0.4, -0.2) is 37.4 Å². The molecule has 0 aliphatic rings. The number of hydrogen-bond donors (Lipinski definition) is 2. The summed E-state index contributed by atoms with van der Waals surface area (Å²) < 4.78 is 1.46. The number of nitrogens with one attached hydrogen (secondary N) is 2. The number of urea groups is 1. The van der Waals surface area contributed by atoms with E-state index in [9.17, 15) is 9.59 Å². The van der Waals surface area contributed by atoms with Crippen LogP contribution >= 0.6 is 11.8 Å². The van der Waals surface area contributed by atoms with E-state index in [0.717, 1.165) is 0 Å². The molecular weight excluding hydrogens is 292 g/mol. The van der Waals surface area contributed by atoms with Gasteiger partial charge in [-0.05, 0) is 29.5 Å². The van der Waals surface area contributed by atoms with Gasteiger partial charge in [0.05, 0.1) is 5.25 Å². The molecule has 21 heavy (non-hydrogen) atoms. The van der Waals surface area contributed by atoms with Gasteiger partial charge in [0.15, 0.2) is 0 Å². The van der Waals surface area contributed by atoms with Gasteiger partial charge < -0.3 is 5.32 Å². The standard InChI is InChI=1S/C12H14N6O2S/c1-8(21-12-15-16-17-18(12)2)10(19)14-11(20)13-9-6-4-3-5-7-9/h3-8H,1-2H3,(H2,13,14,19,20). The second kappa shape index (κ2) is 6.84. The summed E-state index contributed by atoms with van der Waals surface area (Å²) in [7, 11) is 1.68. The Morgan fingerprint density at radius 1 is 1.29 bits per heavy atom. The largest absolute Gasteiger partial charge is 0.325 e. The molecule has 3 amide bonds. The van der Waals surface area contributed by atoms with Crippen LogP contribution in [0, 0.1) is 0 Å². The Bertz CT molecular complexity index is 630. The van der Waals surface area contributed by atoms with E-state index in [2.05, 4.69) is 26.2 Å². The molecule has 2 rings (SSSR count). The third-order valence-electron chi connectivity index (χ3n) is 2.50. The monoisotopic (exact) mass is 306 g/mol. The van der Waals surface area contributed by atoms with Gasteiger partial charge >= 0.3 is 6.03 Å². The van der Waals surface area contributed by atoms with Crippen LogP contribution in [0.3, 0.4) is 0 Å². The molecule has 2 N–H and O–H groups in total. The lowest BCUT2D eigenvalue weighted by atomic mass is 10.3. The van der Waals surface area contributed by atoms with Crippen LogP contribution in [0.4, 0.5) is 10.5 Å². The van der Waals surface area contributed by atoms with Crippen LogP contribution in [0.15, 0.2) is 35.5 Å². The number of aryl methyl sites for hydroxylation is 1. The topological polar surface area (TPSA) is 102 Å². The molecular formula is C12H14N6O2S. The summed E-state index contributed by atoms with van der Waals surface area (Å²) in [5.74, 6) is -0.420. The molecule has 0 aliphatic heterocycles. The first-order valence-corrected chi connectivity index (χ1v) is 7.00. The Morgan fingerprint density at radius 3 is 2.62 bits per heavy atom. The van der Waals surface area contributed by atoms with Gasteiger partial charge in [0.25, 0.3) is 0 Å². The van der Waals surface area contributed by atoms with Crippen LogP contribution in [0.5, 0.6) is 0 Å². The number of para-hydroxylation sites is 1. The number of amides is 3. The molecule has 0 saturated heterocycles. The maximum atomic E-state index is 11.9. The van der Waals surface area contributed by atoms with Crippen molar-refractivity contribution in [2.45, 2.75) is 17.3 Å². The summed E-state index contributed by atoms with van der Waals surface area (Å²) in [4.78, 5) is 23.6. The highest BCUT2D eigenvalue weighted by molar-refractivity contribution is 8.00. The normalized spacial score (nSPS) is 11.7. The highest BCUT2D eigenvalue weighted by atomic mass is 32.2. The molecule has 8 nitrogen and oxygen atoms in total. The number of benzene rings is 1. The molecule has 1 atom stereocenters. The fourth-order valence-electron chi connectivity index (χ4n) is 1.43. The van der Waals surface area contributed by atoms with Gasteiger partial charge in [-0.2, -0.15) is 0 Å². The SMILES string of the molecule is CC(Sc1nnnn1C)C(=O)NC(=O)Nc1ccccc1. The summed E-state index contributed by atoms with van der Waals surface area (Å²) in [5.41, 5.74) is 0.612. The van der Waals surface area contributed by atoms with E-state index >= 15 is 0 Å². The van der Waals surface area contributed by atoms with Crippen molar-refractivity contribution in [3.63, 3.8) is 0 Å². The minimum Gasteiger partial charge on any atom is -0.308 e. The zero-order chi connectivity index (χ0) is 15.2. The highest BCUT2D eigenvalue weighted by Gasteiger charge is 2.19.